The van der Waals surface area contributed by atoms with E-state index in [1.165, 1.54) is 31.4 Å². The highest BCUT2D eigenvalue weighted by Gasteiger charge is 2.19. The first-order valence-electron chi connectivity index (χ1n) is 6.34. The van der Waals surface area contributed by atoms with E-state index in [-0.39, 0.29) is 11.9 Å². The van der Waals surface area contributed by atoms with Gasteiger partial charge in [-0.25, -0.2) is 0 Å². The Morgan fingerprint density at radius 1 is 1.38 bits per heavy atom. The maximum atomic E-state index is 11.7. The second-order valence-electron chi connectivity index (χ2n) is 4.35. The number of rotatable bonds is 7. The minimum absolute atomic E-state index is 0.0694. The van der Waals surface area contributed by atoms with Crippen LogP contribution in [0.5, 0.6) is 0 Å². The molecule has 1 amide bonds. The van der Waals surface area contributed by atoms with E-state index in [0.717, 1.165) is 25.9 Å². The van der Waals surface area contributed by atoms with Crippen molar-refractivity contribution in [2.45, 2.75) is 44.6 Å². The van der Waals surface area contributed by atoms with Gasteiger partial charge < -0.3 is 10.6 Å². The van der Waals surface area contributed by atoms with Crippen molar-refractivity contribution in [1.29, 1.82) is 0 Å². The minimum atomic E-state index is 0.0694. The van der Waals surface area contributed by atoms with E-state index >= 15 is 0 Å². The van der Waals surface area contributed by atoms with Crippen molar-refractivity contribution in [3.8, 4) is 0 Å². The van der Waals surface area contributed by atoms with Gasteiger partial charge in [0.15, 0.2) is 0 Å². The van der Waals surface area contributed by atoms with E-state index in [9.17, 15) is 4.79 Å². The molecule has 1 aliphatic rings. The van der Waals surface area contributed by atoms with E-state index in [0.29, 0.717) is 0 Å². The highest BCUT2D eigenvalue weighted by molar-refractivity contribution is 7.98. The molecule has 0 aliphatic carbocycles. The van der Waals surface area contributed by atoms with Crippen molar-refractivity contribution in [2.24, 2.45) is 0 Å². The predicted molar refractivity (Wildman–Crippen MR) is 70.9 cm³/mol. The van der Waals surface area contributed by atoms with Crippen LogP contribution in [0.25, 0.3) is 0 Å². The highest BCUT2D eigenvalue weighted by atomic mass is 32.2. The van der Waals surface area contributed by atoms with E-state index in [4.69, 9.17) is 0 Å². The summed E-state index contributed by atoms with van der Waals surface area (Å²) in [5, 5.41) is 6.29. The number of carbonyl (C=O) groups excluding carboxylic acids is 1. The van der Waals surface area contributed by atoms with Crippen molar-refractivity contribution in [3.63, 3.8) is 0 Å². The average Bonchev–Trinajstić information content (AvgIpc) is 2.34. The van der Waals surface area contributed by atoms with Gasteiger partial charge in [0.1, 0.15) is 0 Å². The molecule has 0 aromatic heterocycles. The van der Waals surface area contributed by atoms with E-state index in [2.05, 4.69) is 16.9 Å². The number of thioether (sulfide) groups is 1. The lowest BCUT2D eigenvalue weighted by Gasteiger charge is -2.22. The van der Waals surface area contributed by atoms with Gasteiger partial charge in [-0.1, -0.05) is 12.8 Å². The lowest BCUT2D eigenvalue weighted by Crippen LogP contribution is -2.46. The molecule has 4 heteroatoms. The third-order valence-corrected chi connectivity index (χ3v) is 3.65. The summed E-state index contributed by atoms with van der Waals surface area (Å²) in [4.78, 5) is 11.7. The van der Waals surface area contributed by atoms with Gasteiger partial charge in [0.2, 0.25) is 5.91 Å². The van der Waals surface area contributed by atoms with Crippen molar-refractivity contribution < 1.29 is 4.79 Å². The molecule has 94 valence electrons. The largest absolute Gasteiger partial charge is 0.355 e. The molecule has 2 N–H and O–H groups in total. The molecule has 1 aliphatic heterocycles. The van der Waals surface area contributed by atoms with E-state index < -0.39 is 0 Å². The zero-order valence-corrected chi connectivity index (χ0v) is 11.1. The molecule has 0 radical (unpaired) electrons. The molecule has 1 heterocycles. The first-order valence-corrected chi connectivity index (χ1v) is 7.74. The van der Waals surface area contributed by atoms with Crippen LogP contribution < -0.4 is 10.6 Å². The summed E-state index contributed by atoms with van der Waals surface area (Å²) in [6.07, 6.45) is 9.11. The van der Waals surface area contributed by atoms with Gasteiger partial charge in [-0.15, -0.1) is 0 Å². The van der Waals surface area contributed by atoms with Crippen LogP contribution in [0.4, 0.5) is 0 Å². The van der Waals surface area contributed by atoms with Crippen LogP contribution in [0.2, 0.25) is 0 Å². The van der Waals surface area contributed by atoms with Gasteiger partial charge >= 0.3 is 0 Å². The second-order valence-corrected chi connectivity index (χ2v) is 5.33. The van der Waals surface area contributed by atoms with Crippen LogP contribution in [0.3, 0.4) is 0 Å². The smallest absolute Gasteiger partial charge is 0.237 e. The number of unbranched alkanes of at least 4 members (excludes halogenated alkanes) is 2. The fourth-order valence-corrected chi connectivity index (χ4v) is 2.45. The molecule has 1 saturated heterocycles. The van der Waals surface area contributed by atoms with Gasteiger partial charge in [-0.05, 0) is 44.2 Å². The fraction of sp³-hybridized carbons (Fsp3) is 0.917. The van der Waals surface area contributed by atoms with Crippen LogP contribution in [-0.4, -0.2) is 37.0 Å². The van der Waals surface area contributed by atoms with Crippen LogP contribution in [0, 0.1) is 0 Å². The Kier molecular flexibility index (Phi) is 7.68. The Bertz CT molecular complexity index is 193. The monoisotopic (exact) mass is 244 g/mol. The van der Waals surface area contributed by atoms with Crippen molar-refractivity contribution in [3.05, 3.63) is 0 Å². The average molecular weight is 244 g/mol. The summed E-state index contributed by atoms with van der Waals surface area (Å²) in [6, 6.07) is 0.0694. The van der Waals surface area contributed by atoms with Crippen molar-refractivity contribution >= 4 is 17.7 Å². The maximum Gasteiger partial charge on any atom is 0.237 e. The predicted octanol–water partition coefficient (Wildman–Crippen LogP) is 1.78. The Hall–Kier alpha value is -0.220. The molecule has 0 spiro atoms. The fourth-order valence-electron chi connectivity index (χ4n) is 1.96. The Balaban J connectivity index is 1.97. The standard InChI is InChI=1S/C12H24N2OS/c1-16-10-6-2-4-9-14-12(15)11-7-3-5-8-13-11/h11,13H,2-10H2,1H3,(H,14,15)/t11-/m0/s1. The maximum absolute atomic E-state index is 11.7. The Morgan fingerprint density at radius 2 is 2.25 bits per heavy atom. The molecular formula is C12H24N2OS. The van der Waals surface area contributed by atoms with E-state index in [1.54, 1.807) is 0 Å². The summed E-state index contributed by atoms with van der Waals surface area (Å²) in [5.41, 5.74) is 0. The lowest BCUT2D eigenvalue weighted by atomic mass is 10.0. The Labute approximate surface area is 103 Å². The molecule has 16 heavy (non-hydrogen) atoms. The number of hydrogen-bond donors (Lipinski definition) is 2. The van der Waals surface area contributed by atoms with Crippen LogP contribution in [-0.2, 0) is 4.79 Å². The lowest BCUT2D eigenvalue weighted by molar-refractivity contribution is -0.123. The van der Waals surface area contributed by atoms with Gasteiger partial charge in [-0.3, -0.25) is 4.79 Å². The van der Waals surface area contributed by atoms with Crippen LogP contribution >= 0.6 is 11.8 Å². The number of hydrogen-bond acceptors (Lipinski definition) is 3. The number of piperidine rings is 1. The molecule has 1 rings (SSSR count). The molecular weight excluding hydrogens is 220 g/mol. The van der Waals surface area contributed by atoms with Gasteiger partial charge in [-0.2, -0.15) is 11.8 Å². The number of carbonyl (C=O) groups is 1. The zero-order valence-electron chi connectivity index (χ0n) is 10.3. The highest BCUT2D eigenvalue weighted by Crippen LogP contribution is 2.07. The van der Waals surface area contributed by atoms with Gasteiger partial charge in [0.25, 0.3) is 0 Å². The molecule has 0 saturated carbocycles. The summed E-state index contributed by atoms with van der Waals surface area (Å²) >= 11 is 1.89. The molecule has 0 bridgehead atoms. The topological polar surface area (TPSA) is 41.1 Å². The first-order chi connectivity index (χ1) is 7.84. The first kappa shape index (κ1) is 13.8. The van der Waals surface area contributed by atoms with Crippen molar-refractivity contribution in [2.75, 3.05) is 25.1 Å². The molecule has 0 aromatic carbocycles. The summed E-state index contributed by atoms with van der Waals surface area (Å²) < 4.78 is 0. The molecule has 0 unspecified atom stereocenters. The molecule has 1 atom stereocenters. The molecule has 1 fully saturated rings. The normalized spacial score (nSPS) is 20.7. The number of amides is 1. The summed E-state index contributed by atoms with van der Waals surface area (Å²) in [6.45, 7) is 1.83. The van der Waals surface area contributed by atoms with E-state index in [1.807, 2.05) is 11.8 Å². The zero-order chi connectivity index (χ0) is 11.6. The van der Waals surface area contributed by atoms with Gasteiger partial charge in [0.05, 0.1) is 6.04 Å². The Morgan fingerprint density at radius 3 is 2.94 bits per heavy atom. The third kappa shape index (κ3) is 5.75. The molecule has 3 nitrogen and oxygen atoms in total. The minimum Gasteiger partial charge on any atom is -0.355 e. The number of nitrogens with one attached hydrogen (secondary N) is 2. The van der Waals surface area contributed by atoms with Crippen molar-refractivity contribution in [1.82, 2.24) is 10.6 Å². The van der Waals surface area contributed by atoms with Gasteiger partial charge in [0, 0.05) is 6.54 Å². The van der Waals surface area contributed by atoms with Crippen LogP contribution in [0.1, 0.15) is 38.5 Å². The third-order valence-electron chi connectivity index (χ3n) is 2.95. The second kappa shape index (κ2) is 8.88. The summed E-state index contributed by atoms with van der Waals surface area (Å²) in [5.74, 6) is 1.43. The molecule has 0 aromatic rings. The quantitative estimate of drug-likeness (QED) is 0.671. The summed E-state index contributed by atoms with van der Waals surface area (Å²) in [7, 11) is 0. The SMILES string of the molecule is CSCCCCCNC(=O)[C@@H]1CCCCN1. The van der Waals surface area contributed by atoms with Crippen LogP contribution in [0.15, 0.2) is 0 Å².